The Morgan fingerprint density at radius 1 is 1.07 bits per heavy atom. The van der Waals surface area contributed by atoms with Gasteiger partial charge in [0.05, 0.1) is 29.6 Å². The third kappa shape index (κ3) is 7.14. The summed E-state index contributed by atoms with van der Waals surface area (Å²) in [7, 11) is 3.73. The summed E-state index contributed by atoms with van der Waals surface area (Å²) in [5.41, 5.74) is 7.16. The molecule has 3 aliphatic rings. The maximum absolute atomic E-state index is 13.8. The predicted octanol–water partition coefficient (Wildman–Crippen LogP) is 8.94. The van der Waals surface area contributed by atoms with Crippen molar-refractivity contribution in [1.29, 1.82) is 0 Å². The number of imidazole rings is 1. The van der Waals surface area contributed by atoms with Crippen LogP contribution in [0.1, 0.15) is 78.1 Å². The highest BCUT2D eigenvalue weighted by Gasteiger charge is 2.53. The fourth-order valence-corrected chi connectivity index (χ4v) is 9.85. The number of halogens is 3. The quantitative estimate of drug-likeness (QED) is 0.122. The Hall–Kier alpha value is -4.36. The molecule has 2 bridgehead atoms. The van der Waals surface area contributed by atoms with Gasteiger partial charge in [-0.2, -0.15) is 8.78 Å². The number of amides is 1. The number of aliphatic hydroxyl groups excluding tert-OH is 1. The molecule has 290 valence electrons. The molecule has 0 atom stereocenters. The number of nitrogens with zero attached hydrogens (tertiary/aromatic N) is 4. The number of alkyl halides is 2. The van der Waals surface area contributed by atoms with Crippen LogP contribution in [0.5, 0.6) is 5.75 Å². The predicted molar refractivity (Wildman–Crippen MR) is 206 cm³/mol. The van der Waals surface area contributed by atoms with Crippen molar-refractivity contribution in [2.45, 2.75) is 78.1 Å². The number of fused-ring (bicyclic) bond motifs is 4. The highest BCUT2D eigenvalue weighted by atomic mass is 35.5. The van der Waals surface area contributed by atoms with Gasteiger partial charge in [0.2, 0.25) is 5.89 Å². The standard InChI is InChI=1S/C42H46ClF2N5O5/c1-25-27(7-4-8-28(25)39-48-31-19-26(22-51)34(55-40(44)45)20-35(31)54-39)29-9-5-10-30(36(29)43)47-38(52)37-46-32-21-50(18-11-33(32)49(37)2)17-6-12-41-13-15-42(23-41,16-14-41)24-53-3/h4-5,7-10,19-20,40,51H,6,11-18,21-24H2,1-3H3,(H,47,52). The zero-order valence-corrected chi connectivity index (χ0v) is 32.1. The van der Waals surface area contributed by atoms with E-state index < -0.39 is 13.2 Å². The normalized spacial score (nSPS) is 20.8. The number of rotatable bonds is 13. The van der Waals surface area contributed by atoms with Crippen LogP contribution in [0, 0.1) is 17.8 Å². The van der Waals surface area contributed by atoms with Gasteiger partial charge >= 0.3 is 6.61 Å². The summed E-state index contributed by atoms with van der Waals surface area (Å²) in [4.78, 5) is 25.7. The van der Waals surface area contributed by atoms with E-state index in [1.165, 1.54) is 57.1 Å². The maximum Gasteiger partial charge on any atom is 0.387 e. The summed E-state index contributed by atoms with van der Waals surface area (Å²) >= 11 is 7.01. The number of aromatic nitrogens is 3. The number of ether oxygens (including phenoxy) is 2. The van der Waals surface area contributed by atoms with Crippen LogP contribution in [0.15, 0.2) is 52.9 Å². The number of hydrogen-bond donors (Lipinski definition) is 2. The molecule has 8 rings (SSSR count). The van der Waals surface area contributed by atoms with Crippen LogP contribution in [0.4, 0.5) is 14.5 Å². The molecule has 0 spiro atoms. The van der Waals surface area contributed by atoms with E-state index in [4.69, 9.17) is 25.7 Å². The Kier molecular flexibility index (Phi) is 10.2. The van der Waals surface area contributed by atoms with Crippen LogP contribution in [0.3, 0.4) is 0 Å². The molecule has 3 aromatic carbocycles. The van der Waals surface area contributed by atoms with Crippen LogP contribution >= 0.6 is 11.6 Å². The van der Waals surface area contributed by atoms with Crippen LogP contribution in [-0.4, -0.2) is 63.9 Å². The summed E-state index contributed by atoms with van der Waals surface area (Å²) in [5.74, 6) is 0.100. The van der Waals surface area contributed by atoms with Gasteiger partial charge in [-0.05, 0) is 98.6 Å². The fourth-order valence-electron chi connectivity index (χ4n) is 9.57. The Morgan fingerprint density at radius 3 is 2.58 bits per heavy atom. The lowest BCUT2D eigenvalue weighted by Crippen LogP contribution is -2.32. The third-order valence-corrected chi connectivity index (χ3v) is 12.8. The van der Waals surface area contributed by atoms with Gasteiger partial charge in [0.15, 0.2) is 11.4 Å². The van der Waals surface area contributed by atoms with Crippen molar-refractivity contribution in [1.82, 2.24) is 19.4 Å². The summed E-state index contributed by atoms with van der Waals surface area (Å²) in [5, 5.41) is 13.1. The average molecular weight is 774 g/mol. The van der Waals surface area contributed by atoms with Crippen molar-refractivity contribution in [3.63, 3.8) is 0 Å². The molecule has 2 aliphatic carbocycles. The average Bonchev–Trinajstić information content (AvgIpc) is 3.93. The van der Waals surface area contributed by atoms with Crippen molar-refractivity contribution >= 4 is 34.3 Å². The van der Waals surface area contributed by atoms with E-state index in [9.17, 15) is 18.7 Å². The Morgan fingerprint density at radius 2 is 1.82 bits per heavy atom. The van der Waals surface area contributed by atoms with E-state index in [2.05, 4.69) is 19.9 Å². The first-order chi connectivity index (χ1) is 26.5. The van der Waals surface area contributed by atoms with Crippen molar-refractivity contribution < 1.29 is 32.6 Å². The van der Waals surface area contributed by atoms with E-state index in [0.717, 1.165) is 55.2 Å². The highest BCUT2D eigenvalue weighted by Crippen LogP contribution is 2.63. The first-order valence-electron chi connectivity index (χ1n) is 19.0. The molecular weight excluding hydrogens is 728 g/mol. The minimum atomic E-state index is -3.05. The van der Waals surface area contributed by atoms with E-state index in [0.29, 0.717) is 44.0 Å². The van der Waals surface area contributed by atoms with Gasteiger partial charge in [0.1, 0.15) is 11.3 Å². The molecule has 0 saturated heterocycles. The van der Waals surface area contributed by atoms with Crippen LogP contribution < -0.4 is 10.1 Å². The van der Waals surface area contributed by atoms with Gasteiger partial charge in [-0.1, -0.05) is 35.9 Å². The monoisotopic (exact) mass is 773 g/mol. The molecular formula is C42H46ClF2N5O5. The Balaban J connectivity index is 0.959. The van der Waals surface area contributed by atoms with Crippen LogP contribution in [-0.2, 0) is 31.4 Å². The zero-order chi connectivity index (χ0) is 38.5. The van der Waals surface area contributed by atoms with Gasteiger partial charge in [0, 0.05) is 62.1 Å². The molecule has 13 heteroatoms. The SMILES string of the molecule is COCC12CCC(CCCN3CCc4c(nc(C(=O)Nc5cccc(-c6cccc(-c7nc8cc(CO)c(OC(F)F)cc8o7)c6C)c5Cl)n4C)C3)(CC1)C2. The zero-order valence-electron chi connectivity index (χ0n) is 31.4. The minimum absolute atomic E-state index is 0.171. The van der Waals surface area contributed by atoms with Crippen molar-refractivity contribution in [2.24, 2.45) is 17.9 Å². The van der Waals surface area contributed by atoms with Crippen molar-refractivity contribution in [2.75, 3.05) is 32.1 Å². The number of anilines is 1. The summed E-state index contributed by atoms with van der Waals surface area (Å²) in [6.45, 7) is 1.96. The van der Waals surface area contributed by atoms with E-state index in [1.807, 2.05) is 56.0 Å². The topological polar surface area (TPSA) is 115 Å². The second kappa shape index (κ2) is 14.9. The first kappa shape index (κ1) is 37.6. The second-order valence-electron chi connectivity index (χ2n) is 15.7. The second-order valence-corrected chi connectivity index (χ2v) is 16.1. The molecule has 0 unspecified atom stereocenters. The fraction of sp³-hybridized carbons (Fsp3) is 0.452. The largest absolute Gasteiger partial charge is 0.436 e. The number of methoxy groups -OCH3 is 1. The lowest BCUT2D eigenvalue weighted by Gasteiger charge is -2.30. The number of hydrogen-bond acceptors (Lipinski definition) is 8. The van der Waals surface area contributed by atoms with E-state index in [1.54, 1.807) is 6.07 Å². The molecule has 55 heavy (non-hydrogen) atoms. The number of aliphatic hydroxyl groups is 1. The number of carbonyl (C=O) groups excluding carboxylic acids is 1. The van der Waals surface area contributed by atoms with Gasteiger partial charge in [-0.15, -0.1) is 0 Å². The molecule has 5 aromatic rings. The first-order valence-corrected chi connectivity index (χ1v) is 19.3. The van der Waals surface area contributed by atoms with Gasteiger partial charge in [-0.3, -0.25) is 9.69 Å². The summed E-state index contributed by atoms with van der Waals surface area (Å²) in [6.07, 6.45) is 9.87. The smallest absolute Gasteiger partial charge is 0.387 e. The molecule has 1 aliphatic heterocycles. The molecule has 10 nitrogen and oxygen atoms in total. The Labute approximate surface area is 323 Å². The molecule has 2 aromatic heterocycles. The molecule has 2 saturated carbocycles. The van der Waals surface area contributed by atoms with Crippen LogP contribution in [0.2, 0.25) is 5.02 Å². The third-order valence-electron chi connectivity index (χ3n) is 12.3. The molecule has 0 radical (unpaired) electrons. The molecule has 1 amide bonds. The maximum atomic E-state index is 13.8. The minimum Gasteiger partial charge on any atom is -0.436 e. The number of nitrogens with one attached hydrogen (secondary N) is 1. The van der Waals surface area contributed by atoms with Gasteiger partial charge < -0.3 is 28.9 Å². The molecule has 2 fully saturated rings. The number of carbonyl (C=O) groups is 1. The van der Waals surface area contributed by atoms with Crippen molar-refractivity contribution in [3.05, 3.63) is 81.9 Å². The van der Waals surface area contributed by atoms with E-state index in [-0.39, 0.29) is 28.7 Å². The Bertz CT molecular complexity index is 2240. The van der Waals surface area contributed by atoms with Crippen molar-refractivity contribution in [3.8, 4) is 28.3 Å². The number of oxazole rings is 1. The van der Waals surface area contributed by atoms with Gasteiger partial charge in [-0.25, -0.2) is 9.97 Å². The molecule has 2 N–H and O–H groups in total. The lowest BCUT2D eigenvalue weighted by atomic mass is 9.79. The van der Waals surface area contributed by atoms with Gasteiger partial charge in [0.25, 0.3) is 5.91 Å². The summed E-state index contributed by atoms with van der Waals surface area (Å²) < 4.78 is 44.0. The lowest BCUT2D eigenvalue weighted by molar-refractivity contribution is -0.0508. The number of benzene rings is 3. The molecule has 3 heterocycles. The summed E-state index contributed by atoms with van der Waals surface area (Å²) in [6, 6.07) is 13.8. The highest BCUT2D eigenvalue weighted by molar-refractivity contribution is 6.36. The van der Waals surface area contributed by atoms with Crippen LogP contribution in [0.25, 0.3) is 33.7 Å². The van der Waals surface area contributed by atoms with E-state index >= 15 is 0 Å².